The highest BCUT2D eigenvalue weighted by atomic mass is 32.1. The summed E-state index contributed by atoms with van der Waals surface area (Å²) < 4.78 is 7.86. The maximum absolute atomic E-state index is 11.9. The number of hydrogen-bond donors (Lipinski definition) is 2. The minimum atomic E-state index is -0.128. The molecule has 2 aromatic heterocycles. The van der Waals surface area contributed by atoms with Crippen LogP contribution >= 0.6 is 12.2 Å². The van der Waals surface area contributed by atoms with Gasteiger partial charge in [0.25, 0.3) is 0 Å². The first kappa shape index (κ1) is 22.8. The number of benzene rings is 1. The smallest absolute Gasteiger partial charge is 0.224 e. The Kier molecular flexibility index (Phi) is 6.65. The van der Waals surface area contributed by atoms with Gasteiger partial charge in [-0.25, -0.2) is 0 Å². The summed E-state index contributed by atoms with van der Waals surface area (Å²) in [5, 5.41) is 6.99. The van der Waals surface area contributed by atoms with Crippen LogP contribution in [0.25, 0.3) is 0 Å². The maximum Gasteiger partial charge on any atom is 0.224 e. The van der Waals surface area contributed by atoms with Gasteiger partial charge in [0.05, 0.1) is 24.5 Å². The molecule has 7 nitrogen and oxygen atoms in total. The Bertz CT molecular complexity index is 1140. The van der Waals surface area contributed by atoms with Crippen molar-refractivity contribution in [1.29, 1.82) is 0 Å². The third-order valence-electron chi connectivity index (χ3n) is 5.83. The lowest BCUT2D eigenvalue weighted by Crippen LogP contribution is -2.30. The molecule has 0 radical (unpaired) electrons. The number of carbonyl (C=O) groups is 1. The molecule has 172 valence electrons. The van der Waals surface area contributed by atoms with Crippen LogP contribution in [0, 0.1) is 0 Å². The molecular weight excluding hydrogens is 434 g/mol. The number of pyridine rings is 1. The second-order valence-electron chi connectivity index (χ2n) is 8.22. The highest BCUT2D eigenvalue weighted by Crippen LogP contribution is 2.43. The molecule has 2 atom stereocenters. The summed E-state index contributed by atoms with van der Waals surface area (Å²) in [6.45, 7) is 6.15. The second-order valence-corrected chi connectivity index (χ2v) is 8.60. The Labute approximate surface area is 199 Å². The monoisotopic (exact) mass is 463 g/mol. The van der Waals surface area contributed by atoms with Gasteiger partial charge in [0.15, 0.2) is 5.11 Å². The van der Waals surface area contributed by atoms with Crippen LogP contribution in [0.3, 0.4) is 0 Å². The van der Waals surface area contributed by atoms with Gasteiger partial charge in [-0.3, -0.25) is 9.78 Å². The zero-order valence-electron chi connectivity index (χ0n) is 19.3. The van der Waals surface area contributed by atoms with Gasteiger partial charge in [-0.2, -0.15) is 0 Å². The van der Waals surface area contributed by atoms with Crippen LogP contribution in [-0.2, 0) is 4.79 Å². The lowest BCUT2D eigenvalue weighted by molar-refractivity contribution is -0.115. The Morgan fingerprint density at radius 2 is 2.06 bits per heavy atom. The van der Waals surface area contributed by atoms with Crippen LogP contribution in [0.2, 0.25) is 0 Å². The second kappa shape index (κ2) is 9.62. The van der Waals surface area contributed by atoms with Gasteiger partial charge in [-0.15, -0.1) is 0 Å². The van der Waals surface area contributed by atoms with Gasteiger partial charge in [0.2, 0.25) is 5.91 Å². The lowest BCUT2D eigenvalue weighted by Gasteiger charge is -2.30. The molecule has 3 heterocycles. The fourth-order valence-electron chi connectivity index (χ4n) is 4.23. The Hall–Kier alpha value is -3.39. The molecule has 0 bridgehead atoms. The molecule has 8 heteroatoms. The number of hydrogen-bond acceptors (Lipinski definition) is 4. The Morgan fingerprint density at radius 3 is 2.73 bits per heavy atom. The van der Waals surface area contributed by atoms with Crippen LogP contribution in [0.15, 0.2) is 60.9 Å². The molecule has 33 heavy (non-hydrogen) atoms. The highest BCUT2D eigenvalue weighted by Gasteiger charge is 2.42. The van der Waals surface area contributed by atoms with Crippen molar-refractivity contribution in [3.63, 3.8) is 0 Å². The first-order valence-electron chi connectivity index (χ1n) is 11.1. The molecule has 0 unspecified atom stereocenters. The van der Waals surface area contributed by atoms with Crippen molar-refractivity contribution < 1.29 is 9.53 Å². The number of methoxy groups -OCH3 is 1. The van der Waals surface area contributed by atoms with Crippen LogP contribution in [0.4, 0.5) is 11.4 Å². The maximum atomic E-state index is 11.9. The molecule has 0 aliphatic carbocycles. The SMILES string of the molecule is CCC(=O)Nc1ccc(N2C(=S)N[C@H](c3ccccn3)[C@@H]2c2cccn2C(C)C)cc1OC. The van der Waals surface area contributed by atoms with E-state index in [0.717, 1.165) is 17.1 Å². The largest absolute Gasteiger partial charge is 0.494 e. The van der Waals surface area contributed by atoms with Gasteiger partial charge >= 0.3 is 0 Å². The number of ether oxygens (including phenoxy) is 1. The van der Waals surface area contributed by atoms with Gasteiger partial charge in [-0.05, 0) is 62.5 Å². The fraction of sp³-hybridized carbons (Fsp3) is 0.320. The molecular formula is C25H29N5O2S. The summed E-state index contributed by atoms with van der Waals surface area (Å²) in [6, 6.07) is 15.9. The Balaban J connectivity index is 1.81. The molecule has 2 N–H and O–H groups in total. The summed E-state index contributed by atoms with van der Waals surface area (Å²) in [6.07, 6.45) is 4.29. The molecule has 1 fully saturated rings. The molecule has 1 amide bonds. The highest BCUT2D eigenvalue weighted by molar-refractivity contribution is 7.80. The van der Waals surface area contributed by atoms with Gasteiger partial charge in [0.1, 0.15) is 11.8 Å². The summed E-state index contributed by atoms with van der Waals surface area (Å²) in [7, 11) is 1.60. The van der Waals surface area contributed by atoms with Crippen molar-refractivity contribution in [1.82, 2.24) is 14.9 Å². The van der Waals surface area contributed by atoms with Crippen molar-refractivity contribution >= 4 is 34.6 Å². The zero-order chi connectivity index (χ0) is 23.5. The molecule has 1 saturated heterocycles. The van der Waals surface area contributed by atoms with E-state index in [0.29, 0.717) is 23.0 Å². The third kappa shape index (κ3) is 4.43. The average molecular weight is 464 g/mol. The zero-order valence-corrected chi connectivity index (χ0v) is 20.1. The minimum Gasteiger partial charge on any atom is -0.494 e. The van der Waals surface area contributed by atoms with E-state index in [1.54, 1.807) is 13.3 Å². The molecule has 4 rings (SSSR count). The van der Waals surface area contributed by atoms with Crippen molar-refractivity contribution in [2.75, 3.05) is 17.3 Å². The van der Waals surface area contributed by atoms with Gasteiger partial charge in [0, 0.05) is 42.3 Å². The topological polar surface area (TPSA) is 71.4 Å². The predicted octanol–water partition coefficient (Wildman–Crippen LogP) is 5.00. The molecule has 1 aliphatic rings. The van der Waals surface area contributed by atoms with Crippen LogP contribution in [-0.4, -0.2) is 27.7 Å². The Morgan fingerprint density at radius 1 is 1.24 bits per heavy atom. The number of thiocarbonyl (C=S) groups is 1. The predicted molar refractivity (Wildman–Crippen MR) is 135 cm³/mol. The summed E-state index contributed by atoms with van der Waals surface area (Å²) >= 11 is 5.83. The van der Waals surface area contributed by atoms with Crippen molar-refractivity contribution in [2.24, 2.45) is 0 Å². The van der Waals surface area contributed by atoms with Crippen molar-refractivity contribution in [2.45, 2.75) is 45.3 Å². The fourth-order valence-corrected chi connectivity index (χ4v) is 4.58. The number of aromatic nitrogens is 2. The van der Waals surface area contributed by atoms with Crippen LogP contribution in [0.1, 0.15) is 56.7 Å². The van der Waals surface area contributed by atoms with E-state index < -0.39 is 0 Å². The summed E-state index contributed by atoms with van der Waals surface area (Å²) in [5.74, 6) is 0.513. The summed E-state index contributed by atoms with van der Waals surface area (Å²) in [5.41, 5.74) is 3.56. The third-order valence-corrected chi connectivity index (χ3v) is 6.14. The number of nitrogens with one attached hydrogen (secondary N) is 2. The average Bonchev–Trinajstić information content (AvgIpc) is 3.44. The quantitative estimate of drug-likeness (QED) is 0.481. The lowest BCUT2D eigenvalue weighted by atomic mass is 10.0. The number of rotatable bonds is 7. The molecule has 1 aromatic carbocycles. The van der Waals surface area contributed by atoms with E-state index in [4.69, 9.17) is 17.0 Å². The van der Waals surface area contributed by atoms with E-state index in [2.05, 4.69) is 57.3 Å². The first-order chi connectivity index (χ1) is 15.9. The molecule has 3 aromatic rings. The summed E-state index contributed by atoms with van der Waals surface area (Å²) in [4.78, 5) is 18.7. The first-order valence-corrected chi connectivity index (χ1v) is 11.5. The number of nitrogens with zero attached hydrogens (tertiary/aromatic N) is 3. The molecule has 0 saturated carbocycles. The van der Waals surface area contributed by atoms with Crippen LogP contribution < -0.4 is 20.3 Å². The van der Waals surface area contributed by atoms with E-state index in [9.17, 15) is 4.79 Å². The van der Waals surface area contributed by atoms with Gasteiger partial charge < -0.3 is 24.8 Å². The van der Waals surface area contributed by atoms with Gasteiger partial charge in [-0.1, -0.05) is 13.0 Å². The number of amides is 1. The number of carbonyl (C=O) groups excluding carboxylic acids is 1. The molecule has 0 spiro atoms. The molecule has 1 aliphatic heterocycles. The normalized spacial score (nSPS) is 17.8. The standard InChI is InChI=1S/C25H29N5O2S/c1-5-22(31)27-18-12-11-17(15-21(18)32-4)30-24(20-10-8-14-29(20)16(2)3)23(28-25(30)33)19-9-6-7-13-26-19/h6-16,23-24H,5H2,1-4H3,(H,27,31)(H,28,33)/t23-,24+/m1/s1. The number of anilines is 2. The van der Waals surface area contributed by atoms with Crippen molar-refractivity contribution in [3.8, 4) is 5.75 Å². The van der Waals surface area contributed by atoms with Crippen molar-refractivity contribution in [3.05, 3.63) is 72.3 Å². The van der Waals surface area contributed by atoms with E-state index in [1.165, 1.54) is 0 Å². The minimum absolute atomic E-state index is 0.0673. The van der Waals surface area contributed by atoms with E-state index in [1.807, 2.05) is 43.3 Å². The van der Waals surface area contributed by atoms with E-state index in [-0.39, 0.29) is 24.0 Å². The van der Waals surface area contributed by atoms with E-state index >= 15 is 0 Å². The van der Waals surface area contributed by atoms with Crippen LogP contribution in [0.5, 0.6) is 5.75 Å².